The molecule has 0 spiro atoms. The van der Waals surface area contributed by atoms with E-state index in [2.05, 4.69) is 38.6 Å². The summed E-state index contributed by atoms with van der Waals surface area (Å²) in [6.45, 7) is 13.9. The van der Waals surface area contributed by atoms with Crippen molar-refractivity contribution in [3.8, 4) is 0 Å². The van der Waals surface area contributed by atoms with E-state index in [1.807, 2.05) is 24.3 Å². The summed E-state index contributed by atoms with van der Waals surface area (Å²) < 4.78 is 7.06. The Bertz CT molecular complexity index is 1420. The van der Waals surface area contributed by atoms with E-state index >= 15 is 0 Å². The van der Waals surface area contributed by atoms with Gasteiger partial charge in [0.1, 0.15) is 5.69 Å². The molecule has 1 fully saturated rings. The molecular formula is C24H24N6O2. The normalized spacial score (nSPS) is 19.5. The fraction of sp³-hybridized carbons (Fsp3) is 0.333. The minimum atomic E-state index is -0.0822. The van der Waals surface area contributed by atoms with Crippen LogP contribution in [0.25, 0.3) is 26.8 Å². The van der Waals surface area contributed by atoms with Crippen LogP contribution in [0.2, 0.25) is 0 Å². The van der Waals surface area contributed by atoms with Crippen molar-refractivity contribution in [2.75, 3.05) is 18.0 Å². The van der Waals surface area contributed by atoms with Gasteiger partial charge >= 0.3 is 0 Å². The number of rotatable bonds is 3. The molecule has 8 heteroatoms. The van der Waals surface area contributed by atoms with Crippen LogP contribution in [-0.4, -0.2) is 44.8 Å². The Morgan fingerprint density at radius 1 is 1.16 bits per heavy atom. The van der Waals surface area contributed by atoms with E-state index in [9.17, 15) is 4.79 Å². The van der Waals surface area contributed by atoms with Gasteiger partial charge in [0.2, 0.25) is 5.52 Å². The van der Waals surface area contributed by atoms with Gasteiger partial charge in [-0.3, -0.25) is 9.69 Å². The number of fused-ring (bicyclic) bond motifs is 2. The van der Waals surface area contributed by atoms with Gasteiger partial charge in [-0.1, -0.05) is 23.9 Å². The van der Waals surface area contributed by atoms with Gasteiger partial charge in [-0.05, 0) is 38.1 Å². The SMILES string of the molecule is [C-]#[N+]c1ccc2c(n1)c(N1C[C@@H](C)N(Cc3noc4ccccc34)C[C@@H]1C)cc(=O)n2C. The number of benzene rings is 1. The topological polar surface area (TPSA) is 71.8 Å². The molecule has 0 amide bonds. The van der Waals surface area contributed by atoms with Crippen LogP contribution in [0.1, 0.15) is 19.5 Å². The number of hydrogen-bond acceptors (Lipinski definition) is 6. The number of nitrogens with zero attached hydrogens (tertiary/aromatic N) is 6. The lowest BCUT2D eigenvalue weighted by atomic mass is 10.1. The average Bonchev–Trinajstić information content (AvgIpc) is 3.21. The van der Waals surface area contributed by atoms with Gasteiger partial charge in [-0.25, -0.2) is 0 Å². The molecule has 1 aliphatic rings. The van der Waals surface area contributed by atoms with Crippen LogP contribution >= 0.6 is 0 Å². The summed E-state index contributed by atoms with van der Waals surface area (Å²) in [6.07, 6.45) is 0. The molecule has 1 aliphatic heterocycles. The van der Waals surface area contributed by atoms with Gasteiger partial charge < -0.3 is 18.8 Å². The third-order valence-corrected chi connectivity index (χ3v) is 6.40. The van der Waals surface area contributed by atoms with Crippen molar-refractivity contribution in [3.63, 3.8) is 0 Å². The first kappa shape index (κ1) is 20.2. The second-order valence-corrected chi connectivity index (χ2v) is 8.48. The second kappa shape index (κ2) is 7.77. The Morgan fingerprint density at radius 2 is 1.97 bits per heavy atom. The molecule has 2 atom stereocenters. The fourth-order valence-electron chi connectivity index (χ4n) is 4.58. The summed E-state index contributed by atoms with van der Waals surface area (Å²) >= 11 is 0. The van der Waals surface area contributed by atoms with E-state index < -0.39 is 0 Å². The highest BCUT2D eigenvalue weighted by Gasteiger charge is 2.32. The van der Waals surface area contributed by atoms with Crippen LogP contribution in [-0.2, 0) is 13.6 Å². The molecule has 1 saturated heterocycles. The lowest BCUT2D eigenvalue weighted by Gasteiger charge is -2.45. The van der Waals surface area contributed by atoms with Gasteiger partial charge in [0.25, 0.3) is 11.4 Å². The van der Waals surface area contributed by atoms with Crippen molar-refractivity contribution in [1.29, 1.82) is 0 Å². The van der Waals surface area contributed by atoms with Crippen LogP contribution in [0.3, 0.4) is 0 Å². The molecule has 0 saturated carbocycles. The van der Waals surface area contributed by atoms with E-state index in [0.717, 1.165) is 41.0 Å². The number of anilines is 1. The maximum atomic E-state index is 12.7. The monoisotopic (exact) mass is 428 g/mol. The first-order valence-corrected chi connectivity index (χ1v) is 10.7. The highest BCUT2D eigenvalue weighted by molar-refractivity contribution is 5.89. The van der Waals surface area contributed by atoms with Crippen molar-refractivity contribution in [2.24, 2.45) is 7.05 Å². The van der Waals surface area contributed by atoms with E-state index in [1.54, 1.807) is 29.8 Å². The summed E-state index contributed by atoms with van der Waals surface area (Å²) in [5, 5.41) is 5.34. The minimum Gasteiger partial charge on any atom is -0.362 e. The van der Waals surface area contributed by atoms with Crippen molar-refractivity contribution in [1.82, 2.24) is 19.6 Å². The lowest BCUT2D eigenvalue weighted by molar-refractivity contribution is 0.155. The van der Waals surface area contributed by atoms with Crippen molar-refractivity contribution in [2.45, 2.75) is 32.5 Å². The summed E-state index contributed by atoms with van der Waals surface area (Å²) in [6, 6.07) is 13.4. The molecule has 4 heterocycles. The summed E-state index contributed by atoms with van der Waals surface area (Å²) in [4.78, 5) is 25.3. The molecule has 0 N–H and O–H groups in total. The molecule has 0 radical (unpaired) electrons. The number of hydrogen-bond donors (Lipinski definition) is 0. The van der Waals surface area contributed by atoms with E-state index in [1.165, 1.54) is 0 Å². The molecule has 0 unspecified atom stereocenters. The summed E-state index contributed by atoms with van der Waals surface area (Å²) in [5.41, 5.74) is 3.87. The Morgan fingerprint density at radius 3 is 2.78 bits per heavy atom. The van der Waals surface area contributed by atoms with E-state index in [4.69, 9.17) is 11.1 Å². The molecule has 1 aromatic carbocycles. The number of pyridine rings is 2. The Hall–Kier alpha value is -3.70. The van der Waals surface area contributed by atoms with Crippen molar-refractivity contribution >= 4 is 33.5 Å². The van der Waals surface area contributed by atoms with Gasteiger partial charge in [0, 0.05) is 50.2 Å². The zero-order valence-corrected chi connectivity index (χ0v) is 18.3. The van der Waals surface area contributed by atoms with Crippen molar-refractivity contribution < 1.29 is 4.52 Å². The maximum absolute atomic E-state index is 12.7. The molecule has 3 aromatic heterocycles. The summed E-state index contributed by atoms with van der Waals surface area (Å²) in [7, 11) is 1.74. The molecule has 5 rings (SSSR count). The molecule has 32 heavy (non-hydrogen) atoms. The minimum absolute atomic E-state index is 0.0822. The van der Waals surface area contributed by atoms with Gasteiger partial charge in [-0.15, -0.1) is 4.98 Å². The van der Waals surface area contributed by atoms with Crippen molar-refractivity contribution in [3.05, 3.63) is 69.9 Å². The fourth-order valence-corrected chi connectivity index (χ4v) is 4.58. The largest absolute Gasteiger partial charge is 0.362 e. The van der Waals surface area contributed by atoms with Gasteiger partial charge in [0.05, 0.1) is 11.2 Å². The quantitative estimate of drug-likeness (QED) is 0.463. The Labute approximate surface area is 185 Å². The second-order valence-electron chi connectivity index (χ2n) is 8.48. The predicted molar refractivity (Wildman–Crippen MR) is 124 cm³/mol. The van der Waals surface area contributed by atoms with Gasteiger partial charge in [-0.2, -0.15) is 0 Å². The van der Waals surface area contributed by atoms with E-state index in [0.29, 0.717) is 17.9 Å². The van der Waals surface area contributed by atoms with Crippen LogP contribution in [0.5, 0.6) is 0 Å². The van der Waals surface area contributed by atoms with Crippen LogP contribution < -0.4 is 10.5 Å². The average molecular weight is 428 g/mol. The van der Waals surface area contributed by atoms with E-state index in [-0.39, 0.29) is 17.6 Å². The number of aryl methyl sites for hydroxylation is 1. The number of aromatic nitrogens is 3. The third kappa shape index (κ3) is 3.31. The number of para-hydroxylation sites is 1. The van der Waals surface area contributed by atoms with Crippen LogP contribution in [0, 0.1) is 6.57 Å². The zero-order valence-electron chi connectivity index (χ0n) is 18.3. The van der Waals surface area contributed by atoms with Gasteiger partial charge in [0.15, 0.2) is 5.58 Å². The summed E-state index contributed by atoms with van der Waals surface area (Å²) in [5.74, 6) is 0.328. The highest BCUT2D eigenvalue weighted by Crippen LogP contribution is 2.31. The molecule has 0 aliphatic carbocycles. The standard InChI is InChI=1S/C24H24N6O2/c1-15-13-30(20-11-23(31)28(4)19-9-10-22(25-3)26-24(19)20)16(2)12-29(15)14-18-17-7-5-6-8-21(17)32-27-18/h5-11,15-16H,12-14H2,1-2,4H3/t15-,16+/m1/s1. The smallest absolute Gasteiger partial charge is 0.270 e. The Balaban J connectivity index is 1.47. The Kier molecular flexibility index (Phi) is 4.91. The number of piperazine rings is 1. The highest BCUT2D eigenvalue weighted by atomic mass is 16.5. The lowest BCUT2D eigenvalue weighted by Crippen LogP contribution is -2.56. The first-order valence-electron chi connectivity index (χ1n) is 10.7. The zero-order chi connectivity index (χ0) is 22.4. The van der Waals surface area contributed by atoms with Crippen LogP contribution in [0.15, 0.2) is 51.8 Å². The third-order valence-electron chi connectivity index (χ3n) is 6.40. The predicted octanol–water partition coefficient (Wildman–Crippen LogP) is 3.72. The van der Waals surface area contributed by atoms with Crippen LogP contribution in [0.4, 0.5) is 11.5 Å². The maximum Gasteiger partial charge on any atom is 0.270 e. The molecule has 8 nitrogen and oxygen atoms in total. The first-order chi connectivity index (χ1) is 15.5. The molecule has 162 valence electrons. The molecule has 0 bridgehead atoms. The molecule has 4 aromatic rings. The molecular weight excluding hydrogens is 404 g/mol.